The van der Waals surface area contributed by atoms with Gasteiger partial charge in [-0.25, -0.2) is 13.6 Å². The van der Waals surface area contributed by atoms with Crippen LogP contribution in [0.4, 0.5) is 22.0 Å². The van der Waals surface area contributed by atoms with E-state index in [1.165, 1.54) is 0 Å². The van der Waals surface area contributed by atoms with Crippen molar-refractivity contribution >= 4 is 22.9 Å². The summed E-state index contributed by atoms with van der Waals surface area (Å²) in [5.74, 6) is -3.16. The van der Waals surface area contributed by atoms with Gasteiger partial charge in [0.25, 0.3) is 0 Å². The molecule has 0 amide bonds. The number of fused-ring (bicyclic) bond motifs is 3. The Morgan fingerprint density at radius 2 is 1.86 bits per heavy atom. The molecule has 2 N–H and O–H groups in total. The van der Waals surface area contributed by atoms with Crippen molar-refractivity contribution in [3.8, 4) is 0 Å². The molecular weight excluding hydrogens is 467 g/mol. The summed E-state index contributed by atoms with van der Waals surface area (Å²) >= 11 is 0. The fraction of sp³-hybridized carbons (Fsp3) is 0.346. The number of hydrogen-bond donors (Lipinski definition) is 2. The SMILES string of the molecule is CC1Cc2c([nH]c3ccccc23)C(c2c(F)cc(/C=C/C(=O)O)cc2F)N1CC1(C(F)(F)F)CC1. The molecular formula is C26H23F5N2O2. The van der Waals surface area contributed by atoms with E-state index in [2.05, 4.69) is 4.98 Å². The van der Waals surface area contributed by atoms with Crippen LogP contribution < -0.4 is 0 Å². The summed E-state index contributed by atoms with van der Waals surface area (Å²) < 4.78 is 72.6. The van der Waals surface area contributed by atoms with Gasteiger partial charge in [-0.05, 0) is 61.6 Å². The molecule has 0 saturated heterocycles. The summed E-state index contributed by atoms with van der Waals surface area (Å²) in [6.07, 6.45) is -2.19. The van der Waals surface area contributed by atoms with Gasteiger partial charge in [0.05, 0.1) is 11.5 Å². The molecule has 2 aromatic carbocycles. The number of para-hydroxylation sites is 1. The average Bonchev–Trinajstić information content (AvgIpc) is 3.49. The first-order valence-corrected chi connectivity index (χ1v) is 11.3. The molecule has 0 radical (unpaired) electrons. The molecule has 9 heteroatoms. The van der Waals surface area contributed by atoms with Gasteiger partial charge in [0, 0.05) is 40.8 Å². The van der Waals surface area contributed by atoms with Crippen molar-refractivity contribution in [2.45, 2.75) is 44.4 Å². The lowest BCUT2D eigenvalue weighted by atomic mass is 9.86. The predicted molar refractivity (Wildman–Crippen MR) is 121 cm³/mol. The van der Waals surface area contributed by atoms with Crippen molar-refractivity contribution in [3.05, 3.63) is 76.5 Å². The Kier molecular flexibility index (Phi) is 5.51. The Balaban J connectivity index is 1.67. The zero-order valence-corrected chi connectivity index (χ0v) is 18.8. The lowest BCUT2D eigenvalue weighted by Crippen LogP contribution is -2.48. The molecule has 1 fully saturated rings. The first-order valence-electron chi connectivity index (χ1n) is 11.3. The second-order valence-electron chi connectivity index (χ2n) is 9.54. The maximum Gasteiger partial charge on any atom is 0.395 e. The Hall–Kier alpha value is -3.20. The number of aromatic amines is 1. The summed E-state index contributed by atoms with van der Waals surface area (Å²) in [6.45, 7) is 1.42. The molecule has 1 aromatic heterocycles. The minimum Gasteiger partial charge on any atom is -0.478 e. The number of hydrogen-bond acceptors (Lipinski definition) is 2. The lowest BCUT2D eigenvalue weighted by molar-refractivity contribution is -0.194. The second-order valence-corrected chi connectivity index (χ2v) is 9.54. The molecule has 0 bridgehead atoms. The Labute approximate surface area is 198 Å². The third-order valence-electron chi connectivity index (χ3n) is 7.25. The summed E-state index contributed by atoms with van der Waals surface area (Å²) in [4.78, 5) is 15.6. The molecule has 1 aliphatic heterocycles. The van der Waals surface area contributed by atoms with Crippen molar-refractivity contribution in [1.29, 1.82) is 0 Å². The highest BCUT2D eigenvalue weighted by Crippen LogP contribution is 2.59. The minimum atomic E-state index is -4.42. The summed E-state index contributed by atoms with van der Waals surface area (Å²) in [7, 11) is 0. The van der Waals surface area contributed by atoms with Gasteiger partial charge in [-0.2, -0.15) is 13.2 Å². The van der Waals surface area contributed by atoms with E-state index in [1.807, 2.05) is 24.3 Å². The van der Waals surface area contributed by atoms with Crippen LogP contribution in [0.15, 0.2) is 42.5 Å². The Bertz CT molecular complexity index is 1320. The number of carbonyl (C=O) groups is 1. The number of nitrogens with zero attached hydrogens (tertiary/aromatic N) is 1. The second kappa shape index (κ2) is 8.19. The van der Waals surface area contributed by atoms with Gasteiger partial charge >= 0.3 is 12.1 Å². The molecule has 0 spiro atoms. The van der Waals surface area contributed by atoms with Gasteiger partial charge in [-0.15, -0.1) is 0 Å². The predicted octanol–water partition coefficient (Wildman–Crippen LogP) is 6.22. The van der Waals surface area contributed by atoms with Crippen LogP contribution in [0.5, 0.6) is 0 Å². The number of alkyl halides is 3. The number of carboxylic acid groups (broad SMARTS) is 1. The number of benzene rings is 2. The number of nitrogens with one attached hydrogen (secondary N) is 1. The van der Waals surface area contributed by atoms with Crippen LogP contribution in [-0.2, 0) is 11.2 Å². The molecule has 1 saturated carbocycles. The van der Waals surface area contributed by atoms with Gasteiger partial charge in [-0.1, -0.05) is 18.2 Å². The zero-order chi connectivity index (χ0) is 25.1. The molecule has 2 unspecified atom stereocenters. The normalized spacial score (nSPS) is 22.0. The van der Waals surface area contributed by atoms with Crippen molar-refractivity contribution < 1.29 is 31.9 Å². The number of rotatable bonds is 5. The van der Waals surface area contributed by atoms with Crippen LogP contribution in [0.2, 0.25) is 0 Å². The maximum atomic E-state index is 15.5. The maximum absolute atomic E-state index is 15.5. The third kappa shape index (κ3) is 4.01. The monoisotopic (exact) mass is 490 g/mol. The highest BCUT2D eigenvalue weighted by Gasteiger charge is 2.64. The smallest absolute Gasteiger partial charge is 0.395 e. The number of aromatic nitrogens is 1. The van der Waals surface area contributed by atoms with Crippen LogP contribution in [0.1, 0.15) is 48.2 Å². The standard InChI is InChI=1S/C26H23F5N2O2/c1-14-10-17-16-4-2-3-5-20(16)32-23(17)24(33(14)13-25(8-9-25)26(29,30)31)22-18(27)11-15(12-19(22)28)6-7-21(34)35/h2-7,11-12,14,24,32H,8-10,13H2,1H3,(H,34,35)/b7-6+. The van der Waals surface area contributed by atoms with Crippen LogP contribution in [0.25, 0.3) is 17.0 Å². The fourth-order valence-corrected chi connectivity index (χ4v) is 5.22. The Morgan fingerprint density at radius 1 is 1.20 bits per heavy atom. The van der Waals surface area contributed by atoms with Crippen molar-refractivity contribution in [2.75, 3.05) is 6.54 Å². The fourth-order valence-electron chi connectivity index (χ4n) is 5.22. The molecule has 2 atom stereocenters. The lowest BCUT2D eigenvalue weighted by Gasteiger charge is -2.43. The van der Waals surface area contributed by atoms with Gasteiger partial charge < -0.3 is 10.1 Å². The van der Waals surface area contributed by atoms with Crippen LogP contribution in [0, 0.1) is 17.0 Å². The van der Waals surface area contributed by atoms with E-state index < -0.39 is 41.3 Å². The molecule has 2 heterocycles. The number of H-pyrrole nitrogens is 1. The van der Waals surface area contributed by atoms with Crippen molar-refractivity contribution in [1.82, 2.24) is 9.88 Å². The zero-order valence-electron chi connectivity index (χ0n) is 18.8. The third-order valence-corrected chi connectivity index (χ3v) is 7.25. The highest BCUT2D eigenvalue weighted by molar-refractivity contribution is 5.86. The number of halogens is 5. The van der Waals surface area contributed by atoms with E-state index in [1.54, 1.807) is 11.8 Å². The molecule has 5 rings (SSSR count). The van der Waals surface area contributed by atoms with Crippen LogP contribution in [-0.4, -0.2) is 39.7 Å². The van der Waals surface area contributed by atoms with Gasteiger partial charge in [0.15, 0.2) is 0 Å². The molecule has 184 valence electrons. The summed E-state index contributed by atoms with van der Waals surface area (Å²) in [5, 5.41) is 9.69. The minimum absolute atomic E-state index is 0.00684. The number of aliphatic carboxylic acids is 1. The van der Waals surface area contributed by atoms with Gasteiger partial charge in [0.2, 0.25) is 0 Å². The topological polar surface area (TPSA) is 56.3 Å². The average molecular weight is 490 g/mol. The first-order chi connectivity index (χ1) is 16.5. The highest BCUT2D eigenvalue weighted by atomic mass is 19.4. The van der Waals surface area contributed by atoms with E-state index >= 15 is 8.78 Å². The molecule has 4 nitrogen and oxygen atoms in total. The quantitative estimate of drug-likeness (QED) is 0.330. The van der Waals surface area contributed by atoms with Gasteiger partial charge in [-0.3, -0.25) is 4.90 Å². The number of carboxylic acids is 1. The largest absolute Gasteiger partial charge is 0.478 e. The van der Waals surface area contributed by atoms with E-state index in [0.29, 0.717) is 12.1 Å². The van der Waals surface area contributed by atoms with Crippen LogP contribution in [0.3, 0.4) is 0 Å². The van der Waals surface area contributed by atoms with Gasteiger partial charge in [0.1, 0.15) is 11.6 Å². The van der Waals surface area contributed by atoms with E-state index in [4.69, 9.17) is 5.11 Å². The first kappa shape index (κ1) is 23.5. The van der Waals surface area contributed by atoms with E-state index in [9.17, 15) is 18.0 Å². The van der Waals surface area contributed by atoms with E-state index in [0.717, 1.165) is 40.8 Å². The molecule has 3 aromatic rings. The molecule has 2 aliphatic rings. The summed E-state index contributed by atoms with van der Waals surface area (Å²) in [6, 6.07) is 7.88. The van der Waals surface area contributed by atoms with Crippen molar-refractivity contribution in [3.63, 3.8) is 0 Å². The van der Waals surface area contributed by atoms with Crippen molar-refractivity contribution in [2.24, 2.45) is 5.41 Å². The molecule has 1 aliphatic carbocycles. The van der Waals surface area contributed by atoms with Crippen LogP contribution >= 0.6 is 0 Å². The summed E-state index contributed by atoms with van der Waals surface area (Å²) in [5.41, 5.74) is -0.175. The Morgan fingerprint density at radius 3 is 2.46 bits per heavy atom. The van der Waals surface area contributed by atoms with E-state index in [-0.39, 0.29) is 30.5 Å². The molecule has 35 heavy (non-hydrogen) atoms.